The summed E-state index contributed by atoms with van der Waals surface area (Å²) in [5.41, 5.74) is -6.03. The molecule has 0 radical (unpaired) electrons. The lowest BCUT2D eigenvalue weighted by Crippen LogP contribution is -2.28. The van der Waals surface area contributed by atoms with Crippen LogP contribution in [0.1, 0.15) is 20.8 Å². The Morgan fingerprint density at radius 1 is 1.05 bits per heavy atom. The number of rotatable bonds is 3. The van der Waals surface area contributed by atoms with Crippen LogP contribution in [-0.2, 0) is 10.1 Å². The van der Waals surface area contributed by atoms with E-state index in [0.717, 1.165) is 12.1 Å². The predicted octanol–water partition coefficient (Wildman–Crippen LogP) is 3.09. The first-order valence-corrected chi connectivity index (χ1v) is 6.61. The van der Waals surface area contributed by atoms with E-state index in [1.54, 1.807) is 20.8 Å². The van der Waals surface area contributed by atoms with Crippen molar-refractivity contribution < 1.29 is 30.5 Å². The maximum Gasteiger partial charge on any atom is 0.534 e. The Kier molecular flexibility index (Phi) is 4.04. The molecular weight excluding hydrogens is 285 g/mol. The standard InChI is InChI=1S/C11H13F3O4S/c1-10(2,3)17-8-5-4-6-9(7-8)18-19(15,16)11(12,13)14/h4-7H,1-3H3. The zero-order valence-electron chi connectivity index (χ0n) is 10.5. The van der Waals surface area contributed by atoms with Crippen molar-refractivity contribution >= 4 is 10.1 Å². The van der Waals surface area contributed by atoms with Crippen LogP contribution in [-0.4, -0.2) is 19.5 Å². The van der Waals surface area contributed by atoms with Crippen LogP contribution < -0.4 is 8.92 Å². The van der Waals surface area contributed by atoms with Gasteiger partial charge in [-0.1, -0.05) is 6.07 Å². The van der Waals surface area contributed by atoms with E-state index in [4.69, 9.17) is 4.74 Å². The second-order valence-corrected chi connectivity index (χ2v) is 6.21. The van der Waals surface area contributed by atoms with Crippen LogP contribution in [0.25, 0.3) is 0 Å². The molecule has 4 nitrogen and oxygen atoms in total. The van der Waals surface area contributed by atoms with Crippen molar-refractivity contribution in [3.63, 3.8) is 0 Å². The Labute approximate surface area is 109 Å². The molecule has 0 saturated carbocycles. The highest BCUT2D eigenvalue weighted by Gasteiger charge is 2.48. The van der Waals surface area contributed by atoms with Gasteiger partial charge < -0.3 is 8.92 Å². The van der Waals surface area contributed by atoms with Crippen LogP contribution in [0, 0.1) is 0 Å². The Morgan fingerprint density at radius 2 is 1.58 bits per heavy atom. The van der Waals surface area contributed by atoms with Gasteiger partial charge in [0.25, 0.3) is 0 Å². The molecule has 0 aliphatic heterocycles. The van der Waals surface area contributed by atoms with Crippen molar-refractivity contribution in [2.24, 2.45) is 0 Å². The molecule has 0 spiro atoms. The molecule has 0 atom stereocenters. The van der Waals surface area contributed by atoms with Crippen molar-refractivity contribution in [3.8, 4) is 11.5 Å². The average molecular weight is 298 g/mol. The third-order valence-electron chi connectivity index (χ3n) is 1.72. The molecule has 0 bridgehead atoms. The number of benzene rings is 1. The van der Waals surface area contributed by atoms with Crippen LogP contribution in [0.4, 0.5) is 13.2 Å². The first kappa shape index (κ1) is 15.6. The smallest absolute Gasteiger partial charge is 0.488 e. The number of hydrogen-bond donors (Lipinski definition) is 0. The van der Waals surface area contributed by atoms with E-state index in [1.165, 1.54) is 12.1 Å². The van der Waals surface area contributed by atoms with E-state index in [0.29, 0.717) is 0 Å². The summed E-state index contributed by atoms with van der Waals surface area (Å²) in [4.78, 5) is 0. The lowest BCUT2D eigenvalue weighted by atomic mass is 10.2. The van der Waals surface area contributed by atoms with Gasteiger partial charge in [-0.3, -0.25) is 0 Å². The summed E-state index contributed by atoms with van der Waals surface area (Å²) >= 11 is 0. The molecule has 0 fully saturated rings. The molecule has 1 aromatic carbocycles. The zero-order valence-corrected chi connectivity index (χ0v) is 11.3. The maximum atomic E-state index is 12.1. The minimum absolute atomic E-state index is 0.211. The van der Waals surface area contributed by atoms with Gasteiger partial charge in [0.1, 0.15) is 17.1 Å². The summed E-state index contributed by atoms with van der Waals surface area (Å²) in [5, 5.41) is 0. The van der Waals surface area contributed by atoms with Gasteiger partial charge in [0.05, 0.1) is 0 Å². The third-order valence-corrected chi connectivity index (χ3v) is 2.70. The summed E-state index contributed by atoms with van der Waals surface area (Å²) in [6.07, 6.45) is 0. The Hall–Kier alpha value is -1.44. The number of hydrogen-bond acceptors (Lipinski definition) is 4. The molecule has 19 heavy (non-hydrogen) atoms. The van der Waals surface area contributed by atoms with Gasteiger partial charge in [-0.05, 0) is 32.9 Å². The molecule has 0 aliphatic rings. The van der Waals surface area contributed by atoms with Crippen molar-refractivity contribution in [2.75, 3.05) is 0 Å². The van der Waals surface area contributed by atoms with E-state index < -0.39 is 27.0 Å². The first-order chi connectivity index (χ1) is 8.41. The Bertz CT molecular complexity index is 544. The summed E-state index contributed by atoms with van der Waals surface area (Å²) in [5.74, 6) is -0.249. The minimum atomic E-state index is -5.67. The quantitative estimate of drug-likeness (QED) is 0.635. The molecule has 0 saturated heterocycles. The van der Waals surface area contributed by atoms with Gasteiger partial charge >= 0.3 is 15.6 Å². The summed E-state index contributed by atoms with van der Waals surface area (Å²) in [6.45, 7) is 5.23. The second kappa shape index (κ2) is 4.92. The van der Waals surface area contributed by atoms with Gasteiger partial charge in [-0.15, -0.1) is 0 Å². The van der Waals surface area contributed by atoms with Crippen LogP contribution in [0.15, 0.2) is 24.3 Å². The van der Waals surface area contributed by atoms with E-state index in [-0.39, 0.29) is 5.75 Å². The van der Waals surface area contributed by atoms with Crippen molar-refractivity contribution in [3.05, 3.63) is 24.3 Å². The fourth-order valence-corrected chi connectivity index (χ4v) is 1.57. The summed E-state index contributed by atoms with van der Waals surface area (Å²) in [6, 6.07) is 4.99. The third kappa shape index (κ3) is 4.62. The van der Waals surface area contributed by atoms with Crippen molar-refractivity contribution in [2.45, 2.75) is 31.9 Å². The van der Waals surface area contributed by atoms with Crippen LogP contribution in [0.5, 0.6) is 11.5 Å². The van der Waals surface area contributed by atoms with E-state index in [1.807, 2.05) is 0 Å². The Morgan fingerprint density at radius 3 is 2.05 bits per heavy atom. The summed E-state index contributed by atoms with van der Waals surface area (Å²) in [7, 11) is -5.67. The second-order valence-electron chi connectivity index (χ2n) is 4.67. The molecule has 1 rings (SSSR count). The SMILES string of the molecule is CC(C)(C)Oc1cccc(OS(=O)(=O)C(F)(F)F)c1. The molecular formula is C11H13F3O4S. The van der Waals surface area contributed by atoms with Crippen LogP contribution in [0.2, 0.25) is 0 Å². The van der Waals surface area contributed by atoms with Crippen LogP contribution in [0.3, 0.4) is 0 Å². The van der Waals surface area contributed by atoms with Gasteiger partial charge in [-0.2, -0.15) is 21.6 Å². The molecule has 0 heterocycles. The van der Waals surface area contributed by atoms with E-state index in [2.05, 4.69) is 4.18 Å². The molecule has 8 heteroatoms. The first-order valence-electron chi connectivity index (χ1n) is 5.20. The van der Waals surface area contributed by atoms with Crippen molar-refractivity contribution in [1.29, 1.82) is 0 Å². The van der Waals surface area contributed by atoms with Gasteiger partial charge in [-0.25, -0.2) is 0 Å². The average Bonchev–Trinajstić information content (AvgIpc) is 2.12. The fraction of sp³-hybridized carbons (Fsp3) is 0.455. The predicted molar refractivity (Wildman–Crippen MR) is 62.4 cm³/mol. The topological polar surface area (TPSA) is 52.6 Å². The van der Waals surface area contributed by atoms with Crippen LogP contribution >= 0.6 is 0 Å². The molecule has 0 N–H and O–H groups in total. The minimum Gasteiger partial charge on any atom is -0.488 e. The normalized spacial score (nSPS) is 13.2. The molecule has 0 aromatic heterocycles. The number of ether oxygens (including phenoxy) is 1. The molecule has 0 amide bonds. The van der Waals surface area contributed by atoms with Gasteiger partial charge in [0.15, 0.2) is 0 Å². The fourth-order valence-electron chi connectivity index (χ4n) is 1.12. The highest BCUT2D eigenvalue weighted by atomic mass is 32.2. The number of alkyl halides is 3. The lowest BCUT2D eigenvalue weighted by Gasteiger charge is -2.21. The highest BCUT2D eigenvalue weighted by Crippen LogP contribution is 2.29. The van der Waals surface area contributed by atoms with Gasteiger partial charge in [0, 0.05) is 6.07 Å². The lowest BCUT2D eigenvalue weighted by molar-refractivity contribution is -0.0500. The zero-order chi connectivity index (χ0) is 14.9. The van der Waals surface area contributed by atoms with E-state index in [9.17, 15) is 21.6 Å². The molecule has 108 valence electrons. The monoisotopic (exact) mass is 298 g/mol. The maximum absolute atomic E-state index is 12.1. The van der Waals surface area contributed by atoms with E-state index >= 15 is 0 Å². The van der Waals surface area contributed by atoms with Gasteiger partial charge in [0.2, 0.25) is 0 Å². The summed E-state index contributed by atoms with van der Waals surface area (Å²) < 4.78 is 67.5. The molecule has 0 aliphatic carbocycles. The largest absolute Gasteiger partial charge is 0.534 e. The Balaban J connectivity index is 2.96. The molecule has 0 unspecified atom stereocenters. The van der Waals surface area contributed by atoms with Crippen molar-refractivity contribution in [1.82, 2.24) is 0 Å². The highest BCUT2D eigenvalue weighted by molar-refractivity contribution is 7.87. The molecule has 1 aromatic rings. The number of halogens is 3.